The van der Waals surface area contributed by atoms with Gasteiger partial charge in [0.25, 0.3) is 5.69 Å². The van der Waals surface area contributed by atoms with Crippen LogP contribution < -0.4 is 0 Å². The number of hydrogen-bond donors (Lipinski definition) is 0. The molecule has 1 aliphatic heterocycles. The largest absolute Gasteiger partial charge is 0.347 e. The SMILES string of the molecule is O=[N+]([O-])c1ccc(C2=CCC3(CC2)OCCO3)c(Cl)c1. The normalized spacial score (nSPS) is 20.9. The summed E-state index contributed by atoms with van der Waals surface area (Å²) >= 11 is 6.15. The molecule has 6 heteroatoms. The van der Waals surface area contributed by atoms with Crippen LogP contribution in [-0.4, -0.2) is 23.9 Å². The maximum absolute atomic E-state index is 10.7. The van der Waals surface area contributed by atoms with Gasteiger partial charge in [-0.3, -0.25) is 10.1 Å². The highest BCUT2D eigenvalue weighted by molar-refractivity contribution is 6.32. The Morgan fingerprint density at radius 2 is 2.05 bits per heavy atom. The zero-order valence-electron chi connectivity index (χ0n) is 10.8. The molecule has 0 amide bonds. The van der Waals surface area contributed by atoms with E-state index in [0.29, 0.717) is 24.7 Å². The minimum Gasteiger partial charge on any atom is -0.347 e. The van der Waals surface area contributed by atoms with E-state index < -0.39 is 10.7 Å². The average molecular weight is 296 g/mol. The first-order chi connectivity index (χ1) is 9.60. The van der Waals surface area contributed by atoms with Gasteiger partial charge in [0.2, 0.25) is 0 Å². The van der Waals surface area contributed by atoms with E-state index in [1.165, 1.54) is 12.1 Å². The molecule has 1 aromatic rings. The highest BCUT2D eigenvalue weighted by Gasteiger charge is 2.37. The van der Waals surface area contributed by atoms with Crippen molar-refractivity contribution in [2.75, 3.05) is 13.2 Å². The average Bonchev–Trinajstić information content (AvgIpc) is 2.88. The van der Waals surface area contributed by atoms with Gasteiger partial charge in [-0.2, -0.15) is 0 Å². The predicted molar refractivity (Wildman–Crippen MR) is 74.6 cm³/mol. The number of rotatable bonds is 2. The molecule has 0 radical (unpaired) electrons. The number of nitrogens with zero attached hydrogens (tertiary/aromatic N) is 1. The first-order valence-corrected chi connectivity index (χ1v) is 6.89. The van der Waals surface area contributed by atoms with Crippen LogP contribution in [0.2, 0.25) is 5.02 Å². The minimum atomic E-state index is -0.462. The van der Waals surface area contributed by atoms with Crippen LogP contribution in [0.3, 0.4) is 0 Å². The number of halogens is 1. The van der Waals surface area contributed by atoms with Gasteiger partial charge in [-0.15, -0.1) is 0 Å². The monoisotopic (exact) mass is 295 g/mol. The van der Waals surface area contributed by atoms with Gasteiger partial charge >= 0.3 is 0 Å². The Hall–Kier alpha value is -1.43. The fourth-order valence-electron chi connectivity index (χ4n) is 2.69. The molecule has 1 aromatic carbocycles. The summed E-state index contributed by atoms with van der Waals surface area (Å²) < 4.78 is 11.3. The lowest BCUT2D eigenvalue weighted by molar-refractivity contribution is -0.384. The number of allylic oxidation sites excluding steroid dienone is 1. The molecule has 20 heavy (non-hydrogen) atoms. The van der Waals surface area contributed by atoms with Crippen molar-refractivity contribution in [2.45, 2.75) is 25.0 Å². The van der Waals surface area contributed by atoms with Crippen molar-refractivity contribution in [3.05, 3.63) is 45.0 Å². The number of nitro groups is 1. The summed E-state index contributed by atoms with van der Waals surface area (Å²) in [4.78, 5) is 10.3. The molecule has 5 nitrogen and oxygen atoms in total. The predicted octanol–water partition coefficient (Wildman–Crippen LogP) is 3.56. The summed E-state index contributed by atoms with van der Waals surface area (Å²) in [7, 11) is 0. The van der Waals surface area contributed by atoms with E-state index >= 15 is 0 Å². The van der Waals surface area contributed by atoms with Crippen LogP contribution in [0, 0.1) is 10.1 Å². The van der Waals surface area contributed by atoms with E-state index in [0.717, 1.165) is 24.0 Å². The maximum atomic E-state index is 10.7. The van der Waals surface area contributed by atoms with Crippen molar-refractivity contribution in [2.24, 2.45) is 0 Å². The molecule has 106 valence electrons. The van der Waals surface area contributed by atoms with E-state index in [1.807, 2.05) is 0 Å². The molecule has 0 atom stereocenters. The Morgan fingerprint density at radius 1 is 1.30 bits per heavy atom. The van der Waals surface area contributed by atoms with Crippen LogP contribution >= 0.6 is 11.6 Å². The van der Waals surface area contributed by atoms with Crippen LogP contribution in [-0.2, 0) is 9.47 Å². The van der Waals surface area contributed by atoms with Crippen LogP contribution in [0.15, 0.2) is 24.3 Å². The Bertz CT molecular complexity index is 579. The highest BCUT2D eigenvalue weighted by Crippen LogP contribution is 2.40. The molecule has 1 heterocycles. The Labute approximate surface area is 121 Å². The fourth-order valence-corrected chi connectivity index (χ4v) is 2.99. The molecule has 0 aromatic heterocycles. The number of benzene rings is 1. The van der Waals surface area contributed by atoms with Gasteiger partial charge in [-0.1, -0.05) is 17.7 Å². The molecule has 1 spiro atoms. The first kappa shape index (κ1) is 13.5. The fraction of sp³-hybridized carbons (Fsp3) is 0.429. The summed E-state index contributed by atoms with van der Waals surface area (Å²) in [6.45, 7) is 1.28. The van der Waals surface area contributed by atoms with Crippen molar-refractivity contribution in [1.82, 2.24) is 0 Å². The van der Waals surface area contributed by atoms with E-state index in [4.69, 9.17) is 21.1 Å². The van der Waals surface area contributed by atoms with E-state index in [-0.39, 0.29) is 5.69 Å². The molecule has 0 bridgehead atoms. The van der Waals surface area contributed by atoms with Gasteiger partial charge in [0, 0.05) is 25.0 Å². The van der Waals surface area contributed by atoms with Gasteiger partial charge in [-0.05, 0) is 23.6 Å². The summed E-state index contributed by atoms with van der Waals surface area (Å²) in [5.74, 6) is -0.462. The second-order valence-electron chi connectivity index (χ2n) is 4.96. The van der Waals surface area contributed by atoms with Crippen molar-refractivity contribution < 1.29 is 14.4 Å². The van der Waals surface area contributed by atoms with E-state index in [1.54, 1.807) is 6.07 Å². The zero-order valence-corrected chi connectivity index (χ0v) is 11.6. The van der Waals surface area contributed by atoms with Gasteiger partial charge in [0.05, 0.1) is 23.2 Å². The number of ether oxygens (including phenoxy) is 2. The summed E-state index contributed by atoms with van der Waals surface area (Å²) in [5, 5.41) is 11.1. The summed E-state index contributed by atoms with van der Waals surface area (Å²) in [6.07, 6.45) is 4.32. The van der Waals surface area contributed by atoms with Crippen LogP contribution in [0.1, 0.15) is 24.8 Å². The zero-order chi connectivity index (χ0) is 14.2. The van der Waals surface area contributed by atoms with Crippen molar-refractivity contribution in [3.63, 3.8) is 0 Å². The number of nitro benzene ring substituents is 1. The molecule has 0 unspecified atom stereocenters. The van der Waals surface area contributed by atoms with Crippen molar-refractivity contribution in [1.29, 1.82) is 0 Å². The second-order valence-corrected chi connectivity index (χ2v) is 5.37. The number of hydrogen-bond acceptors (Lipinski definition) is 4. The topological polar surface area (TPSA) is 61.6 Å². The molecule has 0 N–H and O–H groups in total. The molecule has 0 saturated carbocycles. The third-order valence-electron chi connectivity index (χ3n) is 3.76. The highest BCUT2D eigenvalue weighted by atomic mass is 35.5. The summed E-state index contributed by atoms with van der Waals surface area (Å²) in [6, 6.07) is 4.58. The van der Waals surface area contributed by atoms with Crippen LogP contribution in [0.25, 0.3) is 5.57 Å². The third-order valence-corrected chi connectivity index (χ3v) is 4.07. The Morgan fingerprint density at radius 3 is 2.60 bits per heavy atom. The van der Waals surface area contributed by atoms with Crippen molar-refractivity contribution >= 4 is 22.9 Å². The van der Waals surface area contributed by atoms with Crippen molar-refractivity contribution in [3.8, 4) is 0 Å². The van der Waals surface area contributed by atoms with Gasteiger partial charge in [0.1, 0.15) is 0 Å². The van der Waals surface area contributed by atoms with Gasteiger partial charge in [0.15, 0.2) is 5.79 Å². The molecule has 1 aliphatic carbocycles. The second kappa shape index (κ2) is 5.16. The smallest absolute Gasteiger partial charge is 0.270 e. The molecular formula is C14H14ClNO4. The number of non-ortho nitro benzene ring substituents is 1. The molecule has 1 saturated heterocycles. The quantitative estimate of drug-likeness (QED) is 0.618. The standard InChI is InChI=1S/C14H14ClNO4/c15-13-9-11(16(17)18)1-2-12(13)10-3-5-14(6-4-10)19-7-8-20-14/h1-3,9H,4-8H2. The van der Waals surface area contributed by atoms with Gasteiger partial charge < -0.3 is 9.47 Å². The maximum Gasteiger partial charge on any atom is 0.270 e. The van der Waals surface area contributed by atoms with Crippen LogP contribution in [0.5, 0.6) is 0 Å². The first-order valence-electron chi connectivity index (χ1n) is 6.51. The van der Waals surface area contributed by atoms with Gasteiger partial charge in [-0.25, -0.2) is 0 Å². The molecule has 1 fully saturated rings. The lowest BCUT2D eigenvalue weighted by atomic mass is 9.90. The van der Waals surface area contributed by atoms with Crippen LogP contribution in [0.4, 0.5) is 5.69 Å². The molecule has 2 aliphatic rings. The van der Waals surface area contributed by atoms with E-state index in [2.05, 4.69) is 6.08 Å². The Balaban J connectivity index is 1.83. The summed E-state index contributed by atoms with van der Waals surface area (Å²) in [5.41, 5.74) is 1.95. The molecular weight excluding hydrogens is 282 g/mol. The Kier molecular flexibility index (Phi) is 3.50. The van der Waals surface area contributed by atoms with E-state index in [9.17, 15) is 10.1 Å². The molecule has 3 rings (SSSR count). The lowest BCUT2D eigenvalue weighted by Crippen LogP contribution is -2.31. The minimum absolute atomic E-state index is 0.00842. The lowest BCUT2D eigenvalue weighted by Gasteiger charge is -2.30. The third kappa shape index (κ3) is 2.44.